The van der Waals surface area contributed by atoms with Gasteiger partial charge in [-0.1, -0.05) is 45.4 Å². The van der Waals surface area contributed by atoms with Crippen LogP contribution in [0.1, 0.15) is 58.3 Å². The molecule has 1 unspecified atom stereocenters. The van der Waals surface area contributed by atoms with Crippen molar-refractivity contribution in [3.8, 4) is 0 Å². The number of rotatable bonds is 12. The van der Waals surface area contributed by atoms with Crippen LogP contribution < -0.4 is 5.73 Å². The number of carbonyl (C=O) groups excluding carboxylic acids is 2. The van der Waals surface area contributed by atoms with Crippen LogP contribution in [0.2, 0.25) is 0 Å². The van der Waals surface area contributed by atoms with Crippen molar-refractivity contribution in [3.63, 3.8) is 0 Å². The fraction of sp³-hybridized carbons (Fsp3) is 0.857. The lowest BCUT2D eigenvalue weighted by atomic mass is 10.1. The van der Waals surface area contributed by atoms with Crippen LogP contribution in [-0.2, 0) is 14.3 Å². The summed E-state index contributed by atoms with van der Waals surface area (Å²) in [7, 11) is 0. The minimum Gasteiger partial charge on any atom is -0.463 e. The molecule has 1 amide bonds. The molecule has 118 valence electrons. The maximum Gasteiger partial charge on any atom is 0.404 e. The van der Waals surface area contributed by atoms with E-state index in [0.29, 0.717) is 6.42 Å². The summed E-state index contributed by atoms with van der Waals surface area (Å²) >= 11 is 0. The van der Waals surface area contributed by atoms with Crippen LogP contribution in [-0.4, -0.2) is 36.5 Å². The van der Waals surface area contributed by atoms with E-state index >= 15 is 0 Å². The summed E-state index contributed by atoms with van der Waals surface area (Å²) in [4.78, 5) is 21.6. The minimum atomic E-state index is -1.03. The van der Waals surface area contributed by atoms with Crippen LogP contribution in [0.15, 0.2) is 0 Å². The summed E-state index contributed by atoms with van der Waals surface area (Å²) in [6, 6.07) is 0. The first kappa shape index (κ1) is 18.7. The number of nitrogens with two attached hydrogens (primary N) is 1. The molecule has 0 aliphatic rings. The third-order valence-corrected chi connectivity index (χ3v) is 2.84. The van der Waals surface area contributed by atoms with Gasteiger partial charge in [-0.15, -0.1) is 0 Å². The summed E-state index contributed by atoms with van der Waals surface area (Å²) in [5, 5.41) is 9.33. The predicted molar refractivity (Wildman–Crippen MR) is 75.1 cm³/mol. The number of unbranched alkanes of at least 4 members (excludes halogenated alkanes) is 6. The Hall–Kier alpha value is -1.30. The molecule has 0 aromatic carbocycles. The normalized spacial score (nSPS) is 11.9. The minimum absolute atomic E-state index is 0.178. The van der Waals surface area contributed by atoms with Gasteiger partial charge in [0.05, 0.1) is 0 Å². The largest absolute Gasteiger partial charge is 0.463 e. The summed E-state index contributed by atoms with van der Waals surface area (Å²) in [5.41, 5.74) is 4.74. The molecule has 3 N–H and O–H groups in total. The highest BCUT2D eigenvalue weighted by molar-refractivity contribution is 5.69. The molecule has 0 aromatic heterocycles. The first-order valence-corrected chi connectivity index (χ1v) is 7.32. The van der Waals surface area contributed by atoms with Gasteiger partial charge in [0.2, 0.25) is 0 Å². The Morgan fingerprint density at radius 2 is 1.55 bits per heavy atom. The van der Waals surface area contributed by atoms with Gasteiger partial charge in [0.15, 0.2) is 0 Å². The average molecular weight is 289 g/mol. The van der Waals surface area contributed by atoms with E-state index in [4.69, 9.17) is 10.5 Å². The highest BCUT2D eigenvalue weighted by atomic mass is 16.6. The molecule has 0 aliphatic carbocycles. The number of aliphatic hydroxyl groups is 1. The number of carbonyl (C=O) groups is 2. The Kier molecular flexibility index (Phi) is 11.9. The predicted octanol–water partition coefficient (Wildman–Crippen LogP) is 2.13. The maximum atomic E-state index is 11.4. The van der Waals surface area contributed by atoms with Crippen molar-refractivity contribution in [2.75, 3.05) is 13.2 Å². The van der Waals surface area contributed by atoms with E-state index in [1.165, 1.54) is 25.7 Å². The summed E-state index contributed by atoms with van der Waals surface area (Å²) in [6.45, 7) is 1.74. The molecule has 0 aliphatic heterocycles. The molecule has 0 fully saturated rings. The van der Waals surface area contributed by atoms with Gasteiger partial charge in [0.25, 0.3) is 0 Å². The molecule has 0 radical (unpaired) electrons. The second-order valence-corrected chi connectivity index (χ2v) is 4.84. The molecule has 0 saturated carbocycles. The van der Waals surface area contributed by atoms with Crippen LogP contribution in [0.5, 0.6) is 0 Å². The second kappa shape index (κ2) is 12.7. The van der Waals surface area contributed by atoms with Crippen molar-refractivity contribution in [2.24, 2.45) is 5.73 Å². The molecule has 0 aromatic rings. The maximum absolute atomic E-state index is 11.4. The first-order chi connectivity index (χ1) is 9.56. The molecule has 6 nitrogen and oxygen atoms in total. The Morgan fingerprint density at radius 3 is 2.15 bits per heavy atom. The average Bonchev–Trinajstić information content (AvgIpc) is 2.41. The van der Waals surface area contributed by atoms with Crippen molar-refractivity contribution in [2.45, 2.75) is 64.4 Å². The Bertz CT molecular complexity index is 270. The molecule has 0 bridgehead atoms. The van der Waals surface area contributed by atoms with E-state index in [9.17, 15) is 14.7 Å². The monoisotopic (exact) mass is 289 g/mol. The number of hydrogen-bond donors (Lipinski definition) is 2. The highest BCUT2D eigenvalue weighted by Gasteiger charge is 2.10. The second-order valence-electron chi connectivity index (χ2n) is 4.84. The van der Waals surface area contributed by atoms with Crippen molar-refractivity contribution >= 4 is 12.1 Å². The third-order valence-electron chi connectivity index (χ3n) is 2.84. The summed E-state index contributed by atoms with van der Waals surface area (Å²) < 4.78 is 9.24. The zero-order valence-corrected chi connectivity index (χ0v) is 12.3. The zero-order chi connectivity index (χ0) is 15.2. The lowest BCUT2D eigenvalue weighted by Gasteiger charge is -2.10. The number of amides is 1. The van der Waals surface area contributed by atoms with Gasteiger partial charge >= 0.3 is 12.1 Å². The number of esters is 1. The molecule has 0 heterocycles. The van der Waals surface area contributed by atoms with E-state index in [1.54, 1.807) is 0 Å². The fourth-order valence-electron chi connectivity index (χ4n) is 1.71. The molecule has 0 spiro atoms. The standard InChI is InChI=1S/C14H27NO5/c1-2-3-4-5-6-7-8-9-13(17)19-10-12(16)11-20-14(15)18/h12,16H,2-11H2,1H3,(H2,15,18). The third kappa shape index (κ3) is 13.1. The highest BCUT2D eigenvalue weighted by Crippen LogP contribution is 2.08. The number of hydrogen-bond acceptors (Lipinski definition) is 5. The summed E-state index contributed by atoms with van der Waals surface area (Å²) in [6.07, 6.45) is 6.31. The number of ether oxygens (including phenoxy) is 2. The van der Waals surface area contributed by atoms with E-state index < -0.39 is 12.2 Å². The molecule has 1 atom stereocenters. The lowest BCUT2D eigenvalue weighted by molar-refractivity contribution is -0.147. The number of aliphatic hydroxyl groups excluding tert-OH is 1. The van der Waals surface area contributed by atoms with Crippen LogP contribution in [0, 0.1) is 0 Å². The molecule has 0 saturated heterocycles. The molecule has 6 heteroatoms. The SMILES string of the molecule is CCCCCCCCCC(=O)OCC(O)COC(N)=O. The van der Waals surface area contributed by atoms with Crippen LogP contribution in [0.3, 0.4) is 0 Å². The van der Waals surface area contributed by atoms with Gasteiger partial charge < -0.3 is 20.3 Å². The molecule has 0 rings (SSSR count). The topological polar surface area (TPSA) is 98.8 Å². The Labute approximate surface area is 120 Å². The quantitative estimate of drug-likeness (QED) is 0.423. The zero-order valence-electron chi connectivity index (χ0n) is 12.3. The lowest BCUT2D eigenvalue weighted by Crippen LogP contribution is -2.27. The fourth-order valence-corrected chi connectivity index (χ4v) is 1.71. The van der Waals surface area contributed by atoms with E-state index in [1.807, 2.05) is 0 Å². The molecular formula is C14H27NO5. The van der Waals surface area contributed by atoms with E-state index in [0.717, 1.165) is 19.3 Å². The Morgan fingerprint density at radius 1 is 1.00 bits per heavy atom. The van der Waals surface area contributed by atoms with Crippen LogP contribution >= 0.6 is 0 Å². The smallest absolute Gasteiger partial charge is 0.404 e. The number of primary amides is 1. The molecular weight excluding hydrogens is 262 g/mol. The van der Waals surface area contributed by atoms with Crippen LogP contribution in [0.4, 0.5) is 4.79 Å². The van der Waals surface area contributed by atoms with E-state index in [2.05, 4.69) is 11.7 Å². The van der Waals surface area contributed by atoms with Gasteiger partial charge in [-0.25, -0.2) is 4.79 Å². The van der Waals surface area contributed by atoms with Crippen molar-refractivity contribution in [1.29, 1.82) is 0 Å². The van der Waals surface area contributed by atoms with Gasteiger partial charge in [-0.2, -0.15) is 0 Å². The van der Waals surface area contributed by atoms with Gasteiger partial charge in [0, 0.05) is 6.42 Å². The summed E-state index contributed by atoms with van der Waals surface area (Å²) in [5.74, 6) is -0.336. The van der Waals surface area contributed by atoms with Crippen molar-refractivity contribution < 1.29 is 24.2 Å². The van der Waals surface area contributed by atoms with Gasteiger partial charge in [0.1, 0.15) is 19.3 Å². The van der Waals surface area contributed by atoms with Crippen molar-refractivity contribution in [1.82, 2.24) is 0 Å². The van der Waals surface area contributed by atoms with Crippen LogP contribution in [0.25, 0.3) is 0 Å². The van der Waals surface area contributed by atoms with Gasteiger partial charge in [-0.3, -0.25) is 4.79 Å². The van der Waals surface area contributed by atoms with E-state index in [-0.39, 0.29) is 19.2 Å². The van der Waals surface area contributed by atoms with Crippen molar-refractivity contribution in [3.05, 3.63) is 0 Å². The van der Waals surface area contributed by atoms with Gasteiger partial charge in [-0.05, 0) is 6.42 Å². The molecule has 20 heavy (non-hydrogen) atoms. The first-order valence-electron chi connectivity index (χ1n) is 7.32. The Balaban J connectivity index is 3.38.